The molecule has 2 aromatic rings. The van der Waals surface area contributed by atoms with Crippen LogP contribution in [0.1, 0.15) is 10.4 Å². The zero-order valence-corrected chi connectivity index (χ0v) is 8.25. The van der Waals surface area contributed by atoms with Gasteiger partial charge in [-0.15, -0.1) is 0 Å². The van der Waals surface area contributed by atoms with Gasteiger partial charge >= 0.3 is 5.97 Å². The Balaban J connectivity index is 2.52. The normalized spacial score (nSPS) is 9.93. The molecular weight excluding hydrogens is 192 g/mol. The molecule has 0 saturated carbocycles. The molecule has 0 N–H and O–H groups in total. The van der Waals surface area contributed by atoms with Crippen LogP contribution in [0.4, 0.5) is 0 Å². The third-order valence-electron chi connectivity index (χ3n) is 2.09. The Morgan fingerprint density at radius 2 is 2.13 bits per heavy atom. The summed E-state index contributed by atoms with van der Waals surface area (Å²) in [7, 11) is 1.36. The Morgan fingerprint density at radius 3 is 2.80 bits per heavy atom. The number of esters is 1. The van der Waals surface area contributed by atoms with Crippen molar-refractivity contribution >= 4 is 5.97 Å². The lowest BCUT2D eigenvalue weighted by atomic mass is 10.2. The summed E-state index contributed by atoms with van der Waals surface area (Å²) in [5, 5.41) is 0. The molecule has 2 heterocycles. The molecule has 76 valence electrons. The molecule has 2 aromatic heterocycles. The lowest BCUT2D eigenvalue weighted by Gasteiger charge is -2.07. The minimum Gasteiger partial charge on any atom is -0.465 e. The molecule has 4 nitrogen and oxygen atoms in total. The number of rotatable bonds is 2. The van der Waals surface area contributed by atoms with Crippen molar-refractivity contribution in [2.45, 2.75) is 0 Å². The molecule has 0 fully saturated rings. The number of nitrogens with zero attached hydrogens (tertiary/aromatic N) is 2. The second kappa shape index (κ2) is 3.96. The molecule has 0 radical (unpaired) electrons. The Kier molecular flexibility index (Phi) is 2.49. The molecule has 4 heteroatoms. The van der Waals surface area contributed by atoms with Gasteiger partial charge in [0.25, 0.3) is 0 Å². The van der Waals surface area contributed by atoms with E-state index in [0.717, 1.165) is 0 Å². The highest BCUT2D eigenvalue weighted by Gasteiger charge is 2.11. The lowest BCUT2D eigenvalue weighted by molar-refractivity contribution is 0.0600. The van der Waals surface area contributed by atoms with Gasteiger partial charge in [0, 0.05) is 18.6 Å². The van der Waals surface area contributed by atoms with Crippen molar-refractivity contribution in [3.05, 3.63) is 48.5 Å². The van der Waals surface area contributed by atoms with E-state index in [-0.39, 0.29) is 5.97 Å². The minimum absolute atomic E-state index is 0.360. The maximum Gasteiger partial charge on any atom is 0.340 e. The van der Waals surface area contributed by atoms with Crippen molar-refractivity contribution in [3.63, 3.8) is 0 Å². The summed E-state index contributed by atoms with van der Waals surface area (Å²) in [4.78, 5) is 15.5. The van der Waals surface area contributed by atoms with Gasteiger partial charge in [-0.05, 0) is 18.2 Å². The zero-order valence-electron chi connectivity index (χ0n) is 8.25. The van der Waals surface area contributed by atoms with Gasteiger partial charge in [0.1, 0.15) is 0 Å². The van der Waals surface area contributed by atoms with E-state index in [1.54, 1.807) is 18.5 Å². The zero-order chi connectivity index (χ0) is 10.7. The predicted molar refractivity (Wildman–Crippen MR) is 54.9 cm³/mol. The van der Waals surface area contributed by atoms with Crippen LogP contribution < -0.4 is 0 Å². The quantitative estimate of drug-likeness (QED) is 0.695. The molecule has 0 aliphatic rings. The summed E-state index contributed by atoms with van der Waals surface area (Å²) in [6.45, 7) is 0. The number of hydrogen-bond acceptors (Lipinski definition) is 3. The molecule has 0 spiro atoms. The van der Waals surface area contributed by atoms with Gasteiger partial charge in [-0.3, -0.25) is 4.98 Å². The van der Waals surface area contributed by atoms with Crippen molar-refractivity contribution < 1.29 is 9.53 Å². The van der Waals surface area contributed by atoms with Crippen LogP contribution >= 0.6 is 0 Å². The first kappa shape index (κ1) is 9.45. The maximum atomic E-state index is 11.5. The molecule has 0 aliphatic carbocycles. The van der Waals surface area contributed by atoms with Crippen LogP contribution in [0, 0.1) is 0 Å². The van der Waals surface area contributed by atoms with E-state index >= 15 is 0 Å². The van der Waals surface area contributed by atoms with Crippen LogP contribution in [-0.4, -0.2) is 22.6 Å². The van der Waals surface area contributed by atoms with Gasteiger partial charge < -0.3 is 9.30 Å². The third-order valence-corrected chi connectivity index (χ3v) is 2.09. The van der Waals surface area contributed by atoms with Gasteiger partial charge in [-0.1, -0.05) is 0 Å². The number of hydrogen-bond donors (Lipinski definition) is 0. The van der Waals surface area contributed by atoms with Gasteiger partial charge in [0.15, 0.2) is 0 Å². The standard InChI is InChI=1S/C11H10N2O2/c1-15-11(14)9-4-5-12-8-10(9)13-6-2-3-7-13/h2-8H,1H3. The van der Waals surface area contributed by atoms with Crippen LogP contribution in [-0.2, 0) is 4.74 Å². The predicted octanol–water partition coefficient (Wildman–Crippen LogP) is 1.66. The lowest BCUT2D eigenvalue weighted by Crippen LogP contribution is -2.07. The van der Waals surface area contributed by atoms with Crippen LogP contribution in [0.3, 0.4) is 0 Å². The highest BCUT2D eigenvalue weighted by molar-refractivity contribution is 5.93. The fraction of sp³-hybridized carbons (Fsp3) is 0.0909. The average Bonchev–Trinajstić information content (AvgIpc) is 2.81. The van der Waals surface area contributed by atoms with E-state index in [2.05, 4.69) is 4.98 Å². The van der Waals surface area contributed by atoms with Crippen molar-refractivity contribution in [3.8, 4) is 5.69 Å². The molecule has 0 aromatic carbocycles. The second-order valence-electron chi connectivity index (χ2n) is 2.97. The Labute approximate surface area is 87.1 Å². The first-order chi connectivity index (χ1) is 7.33. The SMILES string of the molecule is COC(=O)c1ccncc1-n1cccc1. The highest BCUT2D eigenvalue weighted by Crippen LogP contribution is 2.13. The fourth-order valence-corrected chi connectivity index (χ4v) is 1.37. The highest BCUT2D eigenvalue weighted by atomic mass is 16.5. The van der Waals surface area contributed by atoms with Gasteiger partial charge in [-0.2, -0.15) is 0 Å². The Hall–Kier alpha value is -2.10. The average molecular weight is 202 g/mol. The van der Waals surface area contributed by atoms with Crippen LogP contribution in [0.2, 0.25) is 0 Å². The Morgan fingerprint density at radius 1 is 1.40 bits per heavy atom. The number of aromatic nitrogens is 2. The second-order valence-corrected chi connectivity index (χ2v) is 2.97. The topological polar surface area (TPSA) is 44.1 Å². The molecular formula is C11H10N2O2. The summed E-state index contributed by atoms with van der Waals surface area (Å²) in [6, 6.07) is 5.41. The fourth-order valence-electron chi connectivity index (χ4n) is 1.37. The molecule has 0 bridgehead atoms. The number of carbonyl (C=O) groups is 1. The smallest absolute Gasteiger partial charge is 0.340 e. The van der Waals surface area contributed by atoms with Crippen LogP contribution in [0.25, 0.3) is 5.69 Å². The Bertz CT molecular complexity index is 463. The van der Waals surface area contributed by atoms with Crippen molar-refractivity contribution in [2.75, 3.05) is 7.11 Å². The minimum atomic E-state index is -0.360. The summed E-state index contributed by atoms with van der Waals surface area (Å²) in [5.74, 6) is -0.360. The maximum absolute atomic E-state index is 11.5. The van der Waals surface area contributed by atoms with Gasteiger partial charge in [0.05, 0.1) is 24.6 Å². The molecule has 0 atom stereocenters. The van der Waals surface area contributed by atoms with E-state index in [4.69, 9.17) is 4.74 Å². The van der Waals surface area contributed by atoms with Crippen LogP contribution in [0.15, 0.2) is 43.0 Å². The summed E-state index contributed by atoms with van der Waals surface area (Å²) < 4.78 is 6.51. The number of pyridine rings is 1. The number of ether oxygens (including phenoxy) is 1. The van der Waals surface area contributed by atoms with Gasteiger partial charge in [-0.25, -0.2) is 4.79 Å². The third kappa shape index (κ3) is 1.74. The van der Waals surface area contributed by atoms with Crippen molar-refractivity contribution in [2.24, 2.45) is 0 Å². The largest absolute Gasteiger partial charge is 0.465 e. The van der Waals surface area contributed by atoms with E-state index in [0.29, 0.717) is 11.3 Å². The molecule has 15 heavy (non-hydrogen) atoms. The van der Waals surface area contributed by atoms with E-state index in [9.17, 15) is 4.79 Å². The van der Waals surface area contributed by atoms with Crippen LogP contribution in [0.5, 0.6) is 0 Å². The number of carbonyl (C=O) groups excluding carboxylic acids is 1. The molecule has 0 saturated heterocycles. The molecule has 0 amide bonds. The molecule has 0 aliphatic heterocycles. The summed E-state index contributed by atoms with van der Waals surface area (Å²) in [5.41, 5.74) is 1.22. The summed E-state index contributed by atoms with van der Waals surface area (Å²) in [6.07, 6.45) is 6.90. The van der Waals surface area contributed by atoms with Crippen molar-refractivity contribution in [1.29, 1.82) is 0 Å². The van der Waals surface area contributed by atoms with E-state index in [1.165, 1.54) is 7.11 Å². The first-order valence-electron chi connectivity index (χ1n) is 4.48. The molecule has 2 rings (SSSR count). The van der Waals surface area contributed by atoms with Gasteiger partial charge in [0.2, 0.25) is 0 Å². The first-order valence-corrected chi connectivity index (χ1v) is 4.48. The summed E-state index contributed by atoms with van der Waals surface area (Å²) >= 11 is 0. The number of methoxy groups -OCH3 is 1. The van der Waals surface area contributed by atoms with E-state index in [1.807, 2.05) is 29.1 Å². The monoisotopic (exact) mass is 202 g/mol. The molecule has 0 unspecified atom stereocenters. The van der Waals surface area contributed by atoms with Crippen molar-refractivity contribution in [1.82, 2.24) is 9.55 Å². The van der Waals surface area contributed by atoms with E-state index < -0.39 is 0 Å².